The van der Waals surface area contributed by atoms with Gasteiger partial charge in [-0.05, 0) is 24.0 Å². The number of carbonyl (C=O) groups is 3. The van der Waals surface area contributed by atoms with Gasteiger partial charge < -0.3 is 10.0 Å². The summed E-state index contributed by atoms with van der Waals surface area (Å²) in [4.78, 5) is 38.4. The Bertz CT molecular complexity index is 600. The number of fused-ring (bicyclic) bond motifs is 2. The van der Waals surface area contributed by atoms with Crippen molar-refractivity contribution >= 4 is 17.9 Å². The number of benzene rings is 1. The van der Waals surface area contributed by atoms with Gasteiger partial charge in [-0.3, -0.25) is 14.5 Å². The van der Waals surface area contributed by atoms with Crippen LogP contribution in [0.4, 0.5) is 4.79 Å². The molecule has 0 aliphatic carbocycles. The fourth-order valence-corrected chi connectivity index (χ4v) is 3.30. The highest BCUT2D eigenvalue weighted by Crippen LogP contribution is 2.30. The van der Waals surface area contributed by atoms with Gasteiger partial charge in [0.15, 0.2) is 0 Å². The van der Waals surface area contributed by atoms with Gasteiger partial charge in [0.05, 0.1) is 0 Å². The van der Waals surface area contributed by atoms with Crippen molar-refractivity contribution in [2.24, 2.45) is 0 Å². The molecule has 3 rings (SSSR count). The van der Waals surface area contributed by atoms with Crippen molar-refractivity contribution in [2.45, 2.75) is 44.7 Å². The summed E-state index contributed by atoms with van der Waals surface area (Å²) in [6.07, 6.45) is 2.64. The lowest BCUT2D eigenvalue weighted by atomic mass is 9.95. The molecule has 3 amide bonds. The lowest BCUT2D eigenvalue weighted by molar-refractivity contribution is -0.137. The van der Waals surface area contributed by atoms with Gasteiger partial charge in [-0.25, -0.2) is 4.79 Å². The fourth-order valence-electron chi connectivity index (χ4n) is 3.30. The molecular weight excluding hydrogens is 296 g/mol. The molecule has 1 fully saturated rings. The normalized spacial score (nSPS) is 19.7. The van der Waals surface area contributed by atoms with E-state index >= 15 is 0 Å². The van der Waals surface area contributed by atoms with Crippen LogP contribution in [-0.2, 0) is 22.6 Å². The Kier molecular flexibility index (Phi) is 4.32. The monoisotopic (exact) mass is 316 g/mol. The Morgan fingerprint density at radius 1 is 1.13 bits per heavy atom. The molecule has 23 heavy (non-hydrogen) atoms. The van der Waals surface area contributed by atoms with Crippen molar-refractivity contribution in [3.05, 3.63) is 35.4 Å². The van der Waals surface area contributed by atoms with E-state index in [9.17, 15) is 14.4 Å². The third-order valence-electron chi connectivity index (χ3n) is 4.55. The van der Waals surface area contributed by atoms with Crippen LogP contribution in [-0.4, -0.2) is 45.4 Å². The largest absolute Gasteiger partial charge is 0.481 e. The number of unbranched alkanes of at least 4 members (excludes halogenated alkanes) is 2. The third kappa shape index (κ3) is 3.06. The number of carboxylic acids is 1. The number of carbonyl (C=O) groups excluding carboxylic acids is 2. The van der Waals surface area contributed by atoms with Gasteiger partial charge in [0.1, 0.15) is 6.04 Å². The Morgan fingerprint density at radius 3 is 2.61 bits per heavy atom. The van der Waals surface area contributed by atoms with Crippen LogP contribution >= 0.6 is 0 Å². The van der Waals surface area contributed by atoms with Gasteiger partial charge >= 0.3 is 12.0 Å². The number of carboxylic acid groups (broad SMARTS) is 1. The average molecular weight is 316 g/mol. The zero-order valence-electron chi connectivity index (χ0n) is 12.9. The Hall–Kier alpha value is -2.37. The predicted octanol–water partition coefficient (Wildman–Crippen LogP) is 2.02. The summed E-state index contributed by atoms with van der Waals surface area (Å²) in [7, 11) is 0. The fraction of sp³-hybridized carbons (Fsp3) is 0.471. The highest BCUT2D eigenvalue weighted by Gasteiger charge is 2.46. The Labute approximate surface area is 134 Å². The number of aliphatic carboxylic acids is 1. The van der Waals surface area contributed by atoms with Gasteiger partial charge in [-0.2, -0.15) is 0 Å². The minimum absolute atomic E-state index is 0.122. The minimum atomic E-state index is -0.812. The first-order chi connectivity index (χ1) is 11.1. The molecule has 1 unspecified atom stereocenters. The first-order valence-corrected chi connectivity index (χ1v) is 7.98. The number of rotatable bonds is 6. The summed E-state index contributed by atoms with van der Waals surface area (Å²) in [6, 6.07) is 7.32. The molecule has 0 aromatic heterocycles. The van der Waals surface area contributed by atoms with Gasteiger partial charge in [-0.15, -0.1) is 0 Å². The second kappa shape index (κ2) is 6.40. The van der Waals surface area contributed by atoms with Crippen molar-refractivity contribution < 1.29 is 19.5 Å². The van der Waals surface area contributed by atoms with Crippen LogP contribution in [0.5, 0.6) is 0 Å². The molecule has 1 aromatic rings. The molecule has 0 spiro atoms. The molecule has 122 valence electrons. The molecule has 0 radical (unpaired) electrons. The maximum Gasteiger partial charge on any atom is 0.327 e. The van der Waals surface area contributed by atoms with Gasteiger partial charge in [-0.1, -0.05) is 30.7 Å². The predicted molar refractivity (Wildman–Crippen MR) is 82.7 cm³/mol. The van der Waals surface area contributed by atoms with E-state index in [1.807, 2.05) is 24.3 Å². The lowest BCUT2D eigenvalue weighted by Gasteiger charge is -2.28. The average Bonchev–Trinajstić information content (AvgIpc) is 2.76. The topological polar surface area (TPSA) is 77.9 Å². The zero-order chi connectivity index (χ0) is 16.4. The van der Waals surface area contributed by atoms with E-state index in [2.05, 4.69) is 0 Å². The summed E-state index contributed by atoms with van der Waals surface area (Å²) >= 11 is 0. The second-order valence-electron chi connectivity index (χ2n) is 6.09. The third-order valence-corrected chi connectivity index (χ3v) is 4.55. The summed E-state index contributed by atoms with van der Waals surface area (Å²) < 4.78 is 0. The summed E-state index contributed by atoms with van der Waals surface area (Å²) in [5.74, 6) is -0.934. The molecule has 6 nitrogen and oxygen atoms in total. The van der Waals surface area contributed by atoms with Gasteiger partial charge in [0.2, 0.25) is 0 Å². The number of amides is 3. The van der Waals surface area contributed by atoms with Crippen molar-refractivity contribution in [1.82, 2.24) is 9.80 Å². The Balaban J connectivity index is 1.60. The summed E-state index contributed by atoms with van der Waals surface area (Å²) in [6.45, 7) is 0.863. The molecule has 0 bridgehead atoms. The van der Waals surface area contributed by atoms with Gasteiger partial charge in [0.25, 0.3) is 5.91 Å². The van der Waals surface area contributed by atoms with Crippen LogP contribution in [0.3, 0.4) is 0 Å². The van der Waals surface area contributed by atoms with Gasteiger partial charge in [0, 0.05) is 25.9 Å². The van der Waals surface area contributed by atoms with Crippen LogP contribution in [0.15, 0.2) is 24.3 Å². The van der Waals surface area contributed by atoms with Crippen molar-refractivity contribution in [3.8, 4) is 0 Å². The zero-order valence-corrected chi connectivity index (χ0v) is 12.9. The van der Waals surface area contributed by atoms with E-state index in [0.717, 1.165) is 11.1 Å². The first kappa shape index (κ1) is 15.5. The van der Waals surface area contributed by atoms with Crippen LogP contribution in [0.25, 0.3) is 0 Å². The second-order valence-corrected chi connectivity index (χ2v) is 6.09. The maximum atomic E-state index is 12.5. The smallest absolute Gasteiger partial charge is 0.327 e. The molecule has 2 aliphatic heterocycles. The number of hydrogen-bond acceptors (Lipinski definition) is 3. The molecule has 1 aromatic carbocycles. The minimum Gasteiger partial charge on any atom is -0.481 e. The van der Waals surface area contributed by atoms with E-state index in [1.165, 1.54) is 4.90 Å². The van der Waals surface area contributed by atoms with E-state index in [4.69, 9.17) is 5.11 Å². The molecule has 6 heteroatoms. The van der Waals surface area contributed by atoms with Crippen LogP contribution < -0.4 is 0 Å². The SMILES string of the molecule is O=C(O)CCCCCN1C(=O)C2Cc3ccccc3CN2C1=O. The number of hydrogen-bond donors (Lipinski definition) is 1. The quantitative estimate of drug-likeness (QED) is 0.643. The van der Waals surface area contributed by atoms with E-state index in [1.54, 1.807) is 4.90 Å². The summed E-state index contributed by atoms with van der Waals surface area (Å²) in [5.41, 5.74) is 2.24. The van der Waals surface area contributed by atoms with Crippen molar-refractivity contribution in [2.75, 3.05) is 6.54 Å². The molecule has 2 aliphatic rings. The van der Waals surface area contributed by atoms with E-state index in [-0.39, 0.29) is 24.4 Å². The van der Waals surface area contributed by atoms with Crippen LogP contribution in [0, 0.1) is 0 Å². The van der Waals surface area contributed by atoms with Crippen molar-refractivity contribution in [3.63, 3.8) is 0 Å². The molecule has 0 saturated carbocycles. The summed E-state index contributed by atoms with van der Waals surface area (Å²) in [5, 5.41) is 8.61. The Morgan fingerprint density at radius 2 is 1.87 bits per heavy atom. The molecular formula is C17H20N2O4. The number of nitrogens with zero attached hydrogens (tertiary/aromatic N) is 2. The highest BCUT2D eigenvalue weighted by atomic mass is 16.4. The maximum absolute atomic E-state index is 12.5. The van der Waals surface area contributed by atoms with E-state index in [0.29, 0.717) is 38.8 Å². The van der Waals surface area contributed by atoms with Crippen LogP contribution in [0.2, 0.25) is 0 Å². The highest BCUT2D eigenvalue weighted by molar-refractivity contribution is 6.04. The first-order valence-electron chi connectivity index (χ1n) is 7.98. The lowest BCUT2D eigenvalue weighted by Crippen LogP contribution is -2.39. The standard InChI is InChI=1S/C17H20N2O4/c20-15(21)8-2-1-5-9-18-16(22)14-10-12-6-3-4-7-13(12)11-19(14)17(18)23/h3-4,6-7,14H,1-2,5,8-11H2,(H,20,21). The number of imide groups is 1. The molecule has 1 N–H and O–H groups in total. The van der Waals surface area contributed by atoms with Crippen LogP contribution in [0.1, 0.15) is 36.8 Å². The molecule has 1 atom stereocenters. The van der Waals surface area contributed by atoms with E-state index < -0.39 is 5.97 Å². The number of urea groups is 1. The molecule has 2 heterocycles. The molecule has 1 saturated heterocycles. The van der Waals surface area contributed by atoms with Crippen molar-refractivity contribution in [1.29, 1.82) is 0 Å².